The maximum Gasteiger partial charge on any atom is 3.00 e. The van der Waals surface area contributed by atoms with Crippen molar-refractivity contribution in [2.24, 2.45) is 47.3 Å². The van der Waals surface area contributed by atoms with Crippen LogP contribution in [0, 0.1) is 47.3 Å². The van der Waals surface area contributed by atoms with Crippen LogP contribution in [0.5, 0.6) is 0 Å². The van der Waals surface area contributed by atoms with Gasteiger partial charge in [0, 0.05) is 0 Å². The molecule has 44 heavy (non-hydrogen) atoms. The molecule has 254 valence electrons. The molecular formula is C32H56Cl3CoN8. The molecule has 9 aliphatic rings. The van der Waals surface area contributed by atoms with Crippen molar-refractivity contribution < 1.29 is 54.0 Å². The average molecular weight is 718 g/mol. The molecule has 0 radical (unpaired) electrons. The zero-order valence-electron chi connectivity index (χ0n) is 26.0. The van der Waals surface area contributed by atoms with E-state index < -0.39 is 0 Å². The van der Waals surface area contributed by atoms with Crippen molar-refractivity contribution in [1.29, 1.82) is 0 Å². The summed E-state index contributed by atoms with van der Waals surface area (Å²) in [7, 11) is 0. The van der Waals surface area contributed by atoms with Gasteiger partial charge in [0.1, 0.15) is 0 Å². The van der Waals surface area contributed by atoms with E-state index in [-0.39, 0.29) is 54.0 Å². The number of hydrogen-bond acceptors (Lipinski definition) is 8. The van der Waals surface area contributed by atoms with Crippen molar-refractivity contribution in [1.82, 2.24) is 42.5 Å². The van der Waals surface area contributed by atoms with E-state index in [9.17, 15) is 0 Å². The van der Waals surface area contributed by atoms with Crippen molar-refractivity contribution in [2.45, 2.75) is 152 Å². The number of rotatable bonds is 0. The second-order valence-electron chi connectivity index (χ2n) is 15.6. The molecule has 9 rings (SSSR count). The summed E-state index contributed by atoms with van der Waals surface area (Å²) >= 11 is 0. The second kappa shape index (κ2) is 15.3. The van der Waals surface area contributed by atoms with Gasteiger partial charge in [-0.2, -0.15) is 0 Å². The summed E-state index contributed by atoms with van der Waals surface area (Å²) in [6.45, 7) is 0. The smallest absolute Gasteiger partial charge is 1.00 e. The molecule has 8 atom stereocenters. The first-order chi connectivity index (χ1) is 19.8. The minimum Gasteiger partial charge on any atom is -1.00 e. The summed E-state index contributed by atoms with van der Waals surface area (Å²) in [5, 5.41) is 33.8. The molecule has 5 saturated heterocycles. The average Bonchev–Trinajstić information content (AvgIpc) is 3.73. The Labute approximate surface area is 294 Å². The first-order valence-corrected chi connectivity index (χ1v) is 17.9. The van der Waals surface area contributed by atoms with Crippen LogP contribution in [0.15, 0.2) is 0 Å². The third-order valence-corrected chi connectivity index (χ3v) is 13.8. The van der Waals surface area contributed by atoms with Crippen LogP contribution < -0.4 is 79.8 Å². The molecule has 9 fully saturated rings. The Morgan fingerprint density at radius 3 is 0.455 bits per heavy atom. The molecule has 8 unspecified atom stereocenters. The predicted octanol–water partition coefficient (Wildman–Crippen LogP) is -6.38. The molecule has 0 amide bonds. The largest absolute Gasteiger partial charge is 3.00 e. The molecule has 0 aromatic rings. The first kappa shape index (κ1) is 36.3. The van der Waals surface area contributed by atoms with Gasteiger partial charge in [-0.15, -0.1) is 0 Å². The van der Waals surface area contributed by atoms with Gasteiger partial charge < -0.3 is 37.2 Å². The molecule has 5 aliphatic heterocycles. The summed E-state index contributed by atoms with van der Waals surface area (Å²) in [6, 6.07) is 0. The standard InChI is InChI=1S/C32H56N8.3ClH.Co/c1-2-10-18-17(9-1)25-33-26(18)38-28-21-13-5-6-14-22(21)30(35-28)40-32-24-16-8-7-15-23(24)31(36-32)39-29-20-12-4-3-11-19(20)27(34-29)37-25;;;;/h17-40H,1-16H2;3*1H;/q;;;;+3/p-3. The van der Waals surface area contributed by atoms with Crippen LogP contribution in [0.3, 0.4) is 0 Å². The van der Waals surface area contributed by atoms with Crippen LogP contribution in [0.2, 0.25) is 0 Å². The molecular weight excluding hydrogens is 662 g/mol. The van der Waals surface area contributed by atoms with Crippen LogP contribution in [0.1, 0.15) is 103 Å². The molecule has 0 aromatic carbocycles. The van der Waals surface area contributed by atoms with Gasteiger partial charge in [0.05, 0.1) is 49.3 Å². The summed E-state index contributed by atoms with van der Waals surface area (Å²) in [5.41, 5.74) is 0. The minimum absolute atomic E-state index is 0. The Hall–Kier alpha value is 1.06. The summed E-state index contributed by atoms with van der Waals surface area (Å²) in [4.78, 5) is 0. The Morgan fingerprint density at radius 2 is 0.341 bits per heavy atom. The molecule has 8 nitrogen and oxygen atoms in total. The predicted molar refractivity (Wildman–Crippen MR) is 157 cm³/mol. The van der Waals surface area contributed by atoms with Gasteiger partial charge in [0.15, 0.2) is 0 Å². The Balaban J connectivity index is 0.000000960. The Morgan fingerprint density at radius 1 is 0.227 bits per heavy atom. The van der Waals surface area contributed by atoms with Crippen LogP contribution in [0.25, 0.3) is 0 Å². The van der Waals surface area contributed by atoms with Crippen LogP contribution in [-0.2, 0) is 16.8 Å². The summed E-state index contributed by atoms with van der Waals surface area (Å²) in [6.07, 6.45) is 25.6. The number of halogens is 3. The van der Waals surface area contributed by atoms with Gasteiger partial charge in [-0.1, -0.05) is 51.4 Å². The van der Waals surface area contributed by atoms with Gasteiger partial charge in [-0.25, -0.2) is 0 Å². The topological polar surface area (TPSA) is 96.2 Å². The SMILES string of the molecule is C1CCC2C3NC(NC4NC(NC5NC(NC6NC(N3)C3CCCCC63)C3CCCCC53)C3CCCCC43)C2C1.[Cl-].[Cl-].[Cl-].[Co+3]. The first-order valence-electron chi connectivity index (χ1n) is 17.9. The fourth-order valence-electron chi connectivity index (χ4n) is 12.0. The third kappa shape index (κ3) is 6.40. The van der Waals surface area contributed by atoms with Gasteiger partial charge in [0.2, 0.25) is 0 Å². The van der Waals surface area contributed by atoms with Crippen molar-refractivity contribution in [3.63, 3.8) is 0 Å². The Kier molecular flexibility index (Phi) is 12.6. The van der Waals surface area contributed by atoms with E-state index >= 15 is 0 Å². The van der Waals surface area contributed by atoms with Crippen molar-refractivity contribution in [3.05, 3.63) is 0 Å². The molecule has 8 bridgehead atoms. The van der Waals surface area contributed by atoms with Crippen molar-refractivity contribution >= 4 is 0 Å². The molecule has 5 heterocycles. The van der Waals surface area contributed by atoms with Crippen molar-refractivity contribution in [3.8, 4) is 0 Å². The second-order valence-corrected chi connectivity index (χ2v) is 15.6. The molecule has 0 spiro atoms. The minimum atomic E-state index is 0. The van der Waals surface area contributed by atoms with E-state index in [1.807, 2.05) is 0 Å². The van der Waals surface area contributed by atoms with E-state index in [4.69, 9.17) is 0 Å². The molecule has 4 aliphatic carbocycles. The fraction of sp³-hybridized carbons (Fsp3) is 1.00. The van der Waals surface area contributed by atoms with E-state index in [0.29, 0.717) is 49.3 Å². The maximum atomic E-state index is 4.26. The van der Waals surface area contributed by atoms with E-state index in [1.165, 1.54) is 103 Å². The molecule has 0 aromatic heterocycles. The normalized spacial score (nSPS) is 52.4. The number of fused-ring (bicyclic) bond motifs is 20. The quantitative estimate of drug-likeness (QED) is 0.126. The van der Waals surface area contributed by atoms with Crippen LogP contribution in [0.4, 0.5) is 0 Å². The van der Waals surface area contributed by atoms with Gasteiger partial charge >= 0.3 is 16.8 Å². The summed E-state index contributed by atoms with van der Waals surface area (Å²) in [5.74, 6) is 5.97. The van der Waals surface area contributed by atoms with E-state index in [2.05, 4.69) is 42.5 Å². The number of hydrogen-bond donors (Lipinski definition) is 8. The van der Waals surface area contributed by atoms with Crippen molar-refractivity contribution in [2.75, 3.05) is 0 Å². The molecule has 12 heteroatoms. The third-order valence-electron chi connectivity index (χ3n) is 13.8. The van der Waals surface area contributed by atoms with E-state index in [1.54, 1.807) is 0 Å². The van der Waals surface area contributed by atoms with Gasteiger partial charge in [0.25, 0.3) is 0 Å². The molecule has 8 N–H and O–H groups in total. The maximum absolute atomic E-state index is 4.26. The Bertz CT molecular complexity index is 732. The zero-order chi connectivity index (χ0) is 26.2. The fourth-order valence-corrected chi connectivity index (χ4v) is 12.0. The monoisotopic (exact) mass is 716 g/mol. The number of nitrogens with one attached hydrogen (secondary N) is 8. The van der Waals surface area contributed by atoms with Crippen LogP contribution >= 0.6 is 0 Å². The van der Waals surface area contributed by atoms with Gasteiger partial charge in [-0.05, 0) is 98.7 Å². The van der Waals surface area contributed by atoms with Crippen LogP contribution in [-0.4, -0.2) is 49.3 Å². The summed E-state index contributed by atoms with van der Waals surface area (Å²) < 4.78 is 0. The molecule has 4 saturated carbocycles. The van der Waals surface area contributed by atoms with E-state index in [0.717, 1.165) is 47.3 Å². The van der Waals surface area contributed by atoms with Gasteiger partial charge in [-0.3, -0.25) is 42.5 Å². The zero-order valence-corrected chi connectivity index (χ0v) is 29.3.